The number of anilines is 1. The maximum absolute atomic E-state index is 11.1. The van der Waals surface area contributed by atoms with Crippen molar-refractivity contribution in [3.8, 4) is 5.75 Å². The molecule has 0 aliphatic carbocycles. The van der Waals surface area contributed by atoms with Gasteiger partial charge in [0.15, 0.2) is 6.29 Å². The van der Waals surface area contributed by atoms with E-state index in [0.717, 1.165) is 62.6 Å². The Morgan fingerprint density at radius 1 is 1.24 bits per heavy atom. The fourth-order valence-electron chi connectivity index (χ4n) is 4.66. The van der Waals surface area contributed by atoms with Crippen LogP contribution in [0, 0.1) is 5.92 Å². The van der Waals surface area contributed by atoms with E-state index in [-0.39, 0.29) is 5.75 Å². The number of phenolic OH excluding ortho intramolecular Hbond substituents is 1. The predicted molar refractivity (Wildman–Crippen MR) is 135 cm³/mol. The highest BCUT2D eigenvalue weighted by molar-refractivity contribution is 8.01. The minimum absolute atomic E-state index is 0.0992. The van der Waals surface area contributed by atoms with Crippen LogP contribution < -0.4 is 10.6 Å². The van der Waals surface area contributed by atoms with Gasteiger partial charge in [0.25, 0.3) is 0 Å². The van der Waals surface area contributed by atoms with Gasteiger partial charge in [-0.1, -0.05) is 48.2 Å². The van der Waals surface area contributed by atoms with Gasteiger partial charge in [-0.05, 0) is 55.5 Å². The number of carbonyl (C=O) groups excluding carboxylic acids is 1. The SMILES string of the molecule is O=CC1Nc2c(O)ccc([C@@H](O)CNC[C@@H]3CCCN(CCOCCc4ccccc4)C3)c2S1. The Kier molecular flexibility index (Phi) is 9.24. The van der Waals surface area contributed by atoms with Crippen LogP contribution in [0.5, 0.6) is 5.75 Å². The van der Waals surface area contributed by atoms with Crippen LogP contribution in [0.3, 0.4) is 0 Å². The highest BCUT2D eigenvalue weighted by atomic mass is 32.2. The number of thioether (sulfide) groups is 1. The number of aliphatic hydroxyl groups is 1. The third kappa shape index (κ3) is 6.73. The maximum atomic E-state index is 11.1. The number of benzene rings is 2. The van der Waals surface area contributed by atoms with Crippen molar-refractivity contribution in [3.05, 3.63) is 53.6 Å². The first kappa shape index (κ1) is 25.0. The normalized spacial score (nSPS) is 21.1. The Morgan fingerprint density at radius 3 is 2.91 bits per heavy atom. The monoisotopic (exact) mass is 485 g/mol. The van der Waals surface area contributed by atoms with E-state index in [1.165, 1.54) is 30.2 Å². The first-order valence-electron chi connectivity index (χ1n) is 12.1. The molecule has 0 saturated carbocycles. The van der Waals surface area contributed by atoms with E-state index in [9.17, 15) is 15.0 Å². The number of hydrogen-bond acceptors (Lipinski definition) is 8. The molecule has 2 heterocycles. The Bertz CT molecular complexity index is 930. The third-order valence-corrected chi connectivity index (χ3v) is 7.64. The number of phenols is 1. The largest absolute Gasteiger partial charge is 0.506 e. The summed E-state index contributed by atoms with van der Waals surface area (Å²) in [5.74, 6) is 0.647. The van der Waals surface area contributed by atoms with Crippen molar-refractivity contribution in [2.45, 2.75) is 35.6 Å². The molecule has 0 spiro atoms. The van der Waals surface area contributed by atoms with E-state index >= 15 is 0 Å². The van der Waals surface area contributed by atoms with Crippen LogP contribution in [-0.4, -0.2) is 72.7 Å². The molecule has 0 aromatic heterocycles. The number of carbonyl (C=O) groups is 1. The Morgan fingerprint density at radius 2 is 2.09 bits per heavy atom. The van der Waals surface area contributed by atoms with Crippen LogP contribution >= 0.6 is 11.8 Å². The van der Waals surface area contributed by atoms with Gasteiger partial charge in [-0.2, -0.15) is 0 Å². The lowest BCUT2D eigenvalue weighted by atomic mass is 9.98. The number of nitrogens with zero attached hydrogens (tertiary/aromatic N) is 1. The molecule has 1 saturated heterocycles. The number of aromatic hydroxyl groups is 1. The first-order chi connectivity index (χ1) is 16.6. The molecule has 2 aromatic carbocycles. The van der Waals surface area contributed by atoms with Gasteiger partial charge in [-0.15, -0.1) is 0 Å². The number of aldehydes is 1. The average molecular weight is 486 g/mol. The van der Waals surface area contributed by atoms with E-state index in [2.05, 4.69) is 39.8 Å². The number of aliphatic hydroxyl groups excluding tert-OH is 1. The fraction of sp³-hybridized carbons (Fsp3) is 0.500. The van der Waals surface area contributed by atoms with Crippen molar-refractivity contribution in [3.63, 3.8) is 0 Å². The van der Waals surface area contributed by atoms with Gasteiger partial charge in [0.2, 0.25) is 0 Å². The second-order valence-corrected chi connectivity index (χ2v) is 10.2. The molecule has 4 rings (SSSR count). The van der Waals surface area contributed by atoms with E-state index in [0.29, 0.717) is 18.2 Å². The number of likely N-dealkylation sites (tertiary alicyclic amines) is 1. The zero-order valence-corrected chi connectivity index (χ0v) is 20.3. The topological polar surface area (TPSA) is 94.1 Å². The van der Waals surface area contributed by atoms with Crippen molar-refractivity contribution in [2.75, 3.05) is 51.3 Å². The van der Waals surface area contributed by atoms with Crippen molar-refractivity contribution < 1.29 is 19.7 Å². The summed E-state index contributed by atoms with van der Waals surface area (Å²) in [4.78, 5) is 14.4. The molecule has 1 fully saturated rings. The lowest BCUT2D eigenvalue weighted by molar-refractivity contribution is -0.107. The van der Waals surface area contributed by atoms with Gasteiger partial charge in [0.1, 0.15) is 11.1 Å². The minimum atomic E-state index is -0.702. The zero-order valence-electron chi connectivity index (χ0n) is 19.5. The lowest BCUT2D eigenvalue weighted by Crippen LogP contribution is -2.41. The zero-order chi connectivity index (χ0) is 23.8. The fourth-order valence-corrected chi connectivity index (χ4v) is 5.77. The van der Waals surface area contributed by atoms with Gasteiger partial charge in [-0.3, -0.25) is 0 Å². The Balaban J connectivity index is 1.15. The van der Waals surface area contributed by atoms with Crippen LogP contribution in [0.4, 0.5) is 5.69 Å². The molecular formula is C26H35N3O4S. The van der Waals surface area contributed by atoms with Gasteiger partial charge < -0.3 is 35.3 Å². The van der Waals surface area contributed by atoms with Gasteiger partial charge in [0, 0.05) is 24.5 Å². The molecular weight excluding hydrogens is 450 g/mol. The summed E-state index contributed by atoms with van der Waals surface area (Å²) < 4.78 is 5.86. The molecule has 0 amide bonds. The van der Waals surface area contributed by atoms with Crippen molar-refractivity contribution in [1.82, 2.24) is 10.2 Å². The second-order valence-electron chi connectivity index (χ2n) is 9.03. The number of rotatable bonds is 12. The Hall–Kier alpha value is -2.10. The summed E-state index contributed by atoms with van der Waals surface area (Å²) in [5, 5.41) is 26.8. The van der Waals surface area contributed by atoms with E-state index in [1.54, 1.807) is 12.1 Å². The number of fused-ring (bicyclic) bond motifs is 1. The summed E-state index contributed by atoms with van der Waals surface area (Å²) in [7, 11) is 0. The van der Waals surface area contributed by atoms with E-state index in [1.807, 2.05) is 6.07 Å². The summed E-state index contributed by atoms with van der Waals surface area (Å²) in [6, 6.07) is 13.7. The highest BCUT2D eigenvalue weighted by Gasteiger charge is 2.28. The van der Waals surface area contributed by atoms with Crippen LogP contribution in [0.25, 0.3) is 0 Å². The molecule has 0 bridgehead atoms. The second kappa shape index (κ2) is 12.6. The number of ether oxygens (including phenoxy) is 1. The first-order valence-corrected chi connectivity index (χ1v) is 13.0. The van der Waals surface area contributed by atoms with Crippen molar-refractivity contribution in [2.24, 2.45) is 5.92 Å². The molecule has 8 heteroatoms. The van der Waals surface area contributed by atoms with E-state index in [4.69, 9.17) is 4.74 Å². The van der Waals surface area contributed by atoms with Crippen LogP contribution in [0.15, 0.2) is 47.4 Å². The standard InChI is InChI=1S/C26H35N3O4S/c30-18-24-28-25-22(31)9-8-21(26(25)34-24)23(32)16-27-15-20-7-4-11-29(17-20)12-14-33-13-10-19-5-2-1-3-6-19/h1-3,5-6,8-9,18,20,23-24,27-28,31-32H,4,7,10-17H2/t20-,23-,24?/m0/s1. The molecule has 4 N–H and O–H groups in total. The lowest BCUT2D eigenvalue weighted by Gasteiger charge is -2.33. The molecule has 3 atom stereocenters. The third-order valence-electron chi connectivity index (χ3n) is 6.48. The van der Waals surface area contributed by atoms with Gasteiger partial charge >= 0.3 is 0 Å². The minimum Gasteiger partial charge on any atom is -0.506 e. The summed E-state index contributed by atoms with van der Waals surface area (Å²) in [5.41, 5.74) is 2.58. The molecule has 184 valence electrons. The highest BCUT2D eigenvalue weighted by Crippen LogP contribution is 2.46. The quantitative estimate of drug-likeness (QED) is 0.207. The molecule has 2 aliphatic rings. The smallest absolute Gasteiger partial charge is 0.152 e. The Labute approximate surface area is 205 Å². The van der Waals surface area contributed by atoms with Crippen LogP contribution in [0.1, 0.15) is 30.1 Å². The van der Waals surface area contributed by atoms with Gasteiger partial charge in [-0.25, -0.2) is 0 Å². The van der Waals surface area contributed by atoms with Crippen LogP contribution in [0.2, 0.25) is 0 Å². The summed E-state index contributed by atoms with van der Waals surface area (Å²) in [6.07, 6.45) is 3.42. The van der Waals surface area contributed by atoms with E-state index < -0.39 is 11.5 Å². The molecule has 2 aromatic rings. The molecule has 2 aliphatic heterocycles. The van der Waals surface area contributed by atoms with Gasteiger partial charge in [0.05, 0.1) is 25.0 Å². The summed E-state index contributed by atoms with van der Waals surface area (Å²) in [6.45, 7) is 5.90. The number of nitrogens with one attached hydrogen (secondary N) is 2. The number of piperidine rings is 1. The molecule has 7 nitrogen and oxygen atoms in total. The average Bonchev–Trinajstić information content (AvgIpc) is 3.30. The van der Waals surface area contributed by atoms with Crippen LogP contribution in [-0.2, 0) is 16.0 Å². The maximum Gasteiger partial charge on any atom is 0.152 e. The molecule has 1 unspecified atom stereocenters. The van der Waals surface area contributed by atoms with Crippen molar-refractivity contribution in [1.29, 1.82) is 0 Å². The number of hydrogen-bond donors (Lipinski definition) is 4. The summed E-state index contributed by atoms with van der Waals surface area (Å²) >= 11 is 1.33. The van der Waals surface area contributed by atoms with Crippen molar-refractivity contribution >= 4 is 23.7 Å². The molecule has 34 heavy (non-hydrogen) atoms. The predicted octanol–water partition coefficient (Wildman–Crippen LogP) is 3.03. The molecule has 0 radical (unpaired) electrons.